The Morgan fingerprint density at radius 3 is 2.44 bits per heavy atom. The fourth-order valence-electron chi connectivity index (χ4n) is 4.74. The maximum atomic E-state index is 13.1. The first-order valence-electron chi connectivity index (χ1n) is 13.2. The summed E-state index contributed by atoms with van der Waals surface area (Å²) in [7, 11) is 0. The molecule has 2 aromatic rings. The number of aromatic amines is 1. The number of aryl methyl sites for hydroxylation is 1. The van der Waals surface area contributed by atoms with Crippen molar-refractivity contribution in [2.24, 2.45) is 0 Å². The highest BCUT2D eigenvalue weighted by Crippen LogP contribution is 2.31. The van der Waals surface area contributed by atoms with Gasteiger partial charge in [0, 0.05) is 55.4 Å². The maximum Gasteiger partial charge on any atom is 0.338 e. The number of nitrogens with one attached hydrogen (secondary N) is 3. The number of piperazine rings is 1. The first-order chi connectivity index (χ1) is 18.8. The number of benzene rings is 1. The van der Waals surface area contributed by atoms with E-state index >= 15 is 0 Å². The number of carbonyl (C=O) groups excluding carboxylic acids is 3. The minimum absolute atomic E-state index is 0.0376. The predicted molar refractivity (Wildman–Crippen MR) is 149 cm³/mol. The zero-order valence-corrected chi connectivity index (χ0v) is 23.7. The molecule has 4 rings (SSSR count). The van der Waals surface area contributed by atoms with Crippen LogP contribution < -0.4 is 10.6 Å². The van der Waals surface area contributed by atoms with Gasteiger partial charge in [-0.05, 0) is 37.6 Å². The van der Waals surface area contributed by atoms with Gasteiger partial charge in [0.25, 0.3) is 0 Å². The molecule has 1 saturated heterocycles. The maximum absolute atomic E-state index is 13.1. The van der Waals surface area contributed by atoms with Crippen molar-refractivity contribution >= 4 is 41.0 Å². The molecule has 1 unspecified atom stereocenters. The molecule has 3 heterocycles. The molecule has 1 aromatic carbocycles. The van der Waals surface area contributed by atoms with E-state index in [2.05, 4.69) is 37.3 Å². The predicted octanol–water partition coefficient (Wildman–Crippen LogP) is 3.73. The van der Waals surface area contributed by atoms with Crippen molar-refractivity contribution in [2.45, 2.75) is 39.2 Å². The lowest BCUT2D eigenvalue weighted by Crippen LogP contribution is -2.52. The van der Waals surface area contributed by atoms with Gasteiger partial charge in [0.1, 0.15) is 11.9 Å². The van der Waals surface area contributed by atoms with Gasteiger partial charge in [-0.25, -0.2) is 14.6 Å². The van der Waals surface area contributed by atoms with Crippen LogP contribution >= 0.6 is 23.2 Å². The summed E-state index contributed by atoms with van der Waals surface area (Å²) >= 11 is 12.4. The molecule has 2 aliphatic heterocycles. The molecule has 210 valence electrons. The van der Waals surface area contributed by atoms with Crippen molar-refractivity contribution in [2.75, 3.05) is 45.9 Å². The van der Waals surface area contributed by atoms with Gasteiger partial charge in [0.05, 0.1) is 24.4 Å². The van der Waals surface area contributed by atoms with Crippen LogP contribution in [0.4, 0.5) is 4.79 Å². The second-order valence-electron chi connectivity index (χ2n) is 9.62. The van der Waals surface area contributed by atoms with Crippen molar-refractivity contribution in [1.82, 2.24) is 30.4 Å². The van der Waals surface area contributed by atoms with Crippen LogP contribution in [0.3, 0.4) is 0 Å². The average molecular weight is 578 g/mol. The number of hydrogen-bond donors (Lipinski definition) is 3. The highest BCUT2D eigenvalue weighted by Gasteiger charge is 2.37. The summed E-state index contributed by atoms with van der Waals surface area (Å²) < 4.78 is 5.37. The molecule has 1 aromatic heterocycles. The van der Waals surface area contributed by atoms with E-state index in [4.69, 9.17) is 27.9 Å². The lowest BCUT2D eigenvalue weighted by molar-refractivity contribution is -0.139. The van der Waals surface area contributed by atoms with Crippen LogP contribution in [0, 0.1) is 0 Å². The molecule has 0 aliphatic carbocycles. The van der Waals surface area contributed by atoms with Gasteiger partial charge in [-0.1, -0.05) is 36.5 Å². The normalized spacial score (nSPS) is 18.6. The van der Waals surface area contributed by atoms with Crippen LogP contribution in [-0.2, 0) is 16.0 Å². The Morgan fingerprint density at radius 2 is 1.77 bits per heavy atom. The summed E-state index contributed by atoms with van der Waals surface area (Å²) in [6, 6.07) is 5.64. The van der Waals surface area contributed by atoms with Crippen LogP contribution in [0.25, 0.3) is 0 Å². The third-order valence-corrected chi connectivity index (χ3v) is 7.36. The average Bonchev–Trinajstić information content (AvgIpc) is 3.28. The van der Waals surface area contributed by atoms with Crippen LogP contribution in [0.15, 0.2) is 35.5 Å². The van der Waals surface area contributed by atoms with Crippen molar-refractivity contribution in [3.05, 3.63) is 62.8 Å². The highest BCUT2D eigenvalue weighted by atomic mass is 35.5. The van der Waals surface area contributed by atoms with E-state index in [-0.39, 0.29) is 17.5 Å². The number of nitrogens with zero attached hydrogens (tertiary/aromatic N) is 3. The van der Waals surface area contributed by atoms with Crippen molar-refractivity contribution < 1.29 is 19.1 Å². The summed E-state index contributed by atoms with van der Waals surface area (Å²) in [4.78, 5) is 50.3. The van der Waals surface area contributed by atoms with E-state index in [0.717, 1.165) is 12.8 Å². The number of halogens is 2. The number of hydrogen-bond acceptors (Lipinski definition) is 7. The molecule has 3 N–H and O–H groups in total. The molecule has 12 heteroatoms. The standard InChI is InChI=1S/C27H34Cl2N6O4/c1-3-5-6-21-31-24(25(29)32-21)23-22(26(37)39-4-2)19(30-27(38)33-23)15-34-11-13-35(14-12-34)16-20(36)17-7-9-18(28)10-8-17/h7-10,23H,3-6,11-16H2,1-2H3,(H,31,32)(H2,30,33,38). The van der Waals surface area contributed by atoms with Crippen molar-refractivity contribution in [1.29, 1.82) is 0 Å². The zero-order valence-electron chi connectivity index (χ0n) is 22.2. The molecule has 2 amide bonds. The van der Waals surface area contributed by atoms with E-state index in [9.17, 15) is 14.4 Å². The number of esters is 1. The molecule has 0 radical (unpaired) electrons. The third kappa shape index (κ3) is 7.39. The number of amides is 2. The molecular formula is C27H34Cl2N6O4. The Balaban J connectivity index is 1.48. The molecule has 1 fully saturated rings. The number of H-pyrrole nitrogens is 1. The lowest BCUT2D eigenvalue weighted by Gasteiger charge is -2.36. The Labute approximate surface area is 238 Å². The summed E-state index contributed by atoms with van der Waals surface area (Å²) in [6.07, 6.45) is 2.65. The van der Waals surface area contributed by atoms with Gasteiger partial charge in [-0.2, -0.15) is 0 Å². The molecule has 0 spiro atoms. The minimum atomic E-state index is -0.818. The van der Waals surface area contributed by atoms with Gasteiger partial charge >= 0.3 is 12.0 Å². The monoisotopic (exact) mass is 576 g/mol. The third-order valence-electron chi connectivity index (χ3n) is 6.82. The topological polar surface area (TPSA) is 120 Å². The van der Waals surface area contributed by atoms with Crippen LogP contribution in [0.2, 0.25) is 10.2 Å². The number of Topliss-reactive ketones (excluding diaryl/α,β-unsaturated/α-hetero) is 1. The highest BCUT2D eigenvalue weighted by molar-refractivity contribution is 6.30. The quantitative estimate of drug-likeness (QED) is 0.275. The fraction of sp³-hybridized carbons (Fsp3) is 0.481. The van der Waals surface area contributed by atoms with E-state index in [0.29, 0.717) is 79.1 Å². The molecule has 0 bridgehead atoms. The first kappa shape index (κ1) is 29.1. The van der Waals surface area contributed by atoms with E-state index < -0.39 is 18.0 Å². The number of unbranched alkanes of at least 4 members (excludes halogenated alkanes) is 1. The SMILES string of the molecule is CCCCc1nc(Cl)c(C2NC(=O)NC(CN3CCN(CC(=O)c4ccc(Cl)cc4)CC3)=C2C(=O)OCC)[nH]1. The van der Waals surface area contributed by atoms with Gasteiger partial charge < -0.3 is 20.4 Å². The number of urea groups is 1. The fourth-order valence-corrected chi connectivity index (χ4v) is 5.12. The van der Waals surface area contributed by atoms with Gasteiger partial charge in [0.2, 0.25) is 0 Å². The number of ketones is 1. The van der Waals surface area contributed by atoms with E-state index in [1.54, 1.807) is 31.2 Å². The largest absolute Gasteiger partial charge is 0.463 e. The summed E-state index contributed by atoms with van der Waals surface area (Å²) in [5, 5.41) is 6.43. The molecule has 39 heavy (non-hydrogen) atoms. The van der Waals surface area contributed by atoms with Gasteiger partial charge in [-0.3, -0.25) is 14.6 Å². The number of aromatic nitrogens is 2. The van der Waals surface area contributed by atoms with E-state index in [1.165, 1.54) is 0 Å². The van der Waals surface area contributed by atoms with Gasteiger partial charge in [-0.15, -0.1) is 0 Å². The lowest BCUT2D eigenvalue weighted by atomic mass is 9.99. The molecule has 1 atom stereocenters. The number of ether oxygens (including phenoxy) is 1. The number of imidazole rings is 1. The number of rotatable bonds is 11. The van der Waals surface area contributed by atoms with Gasteiger partial charge in [0.15, 0.2) is 10.9 Å². The summed E-state index contributed by atoms with van der Waals surface area (Å²) in [6.45, 7) is 7.33. The smallest absolute Gasteiger partial charge is 0.338 e. The molecule has 2 aliphatic rings. The second kappa shape index (κ2) is 13.4. The van der Waals surface area contributed by atoms with Crippen LogP contribution in [0.5, 0.6) is 0 Å². The van der Waals surface area contributed by atoms with Crippen molar-refractivity contribution in [3.8, 4) is 0 Å². The molecule has 0 saturated carbocycles. The zero-order chi connectivity index (χ0) is 27.9. The Hall–Kier alpha value is -2.92. The van der Waals surface area contributed by atoms with Crippen molar-refractivity contribution in [3.63, 3.8) is 0 Å². The molecule has 10 nitrogen and oxygen atoms in total. The second-order valence-corrected chi connectivity index (χ2v) is 10.4. The Bertz CT molecular complexity index is 1220. The van der Waals surface area contributed by atoms with Crippen LogP contribution in [-0.4, -0.2) is 83.4 Å². The summed E-state index contributed by atoms with van der Waals surface area (Å²) in [5.41, 5.74) is 1.85. The Kier molecular flexibility index (Phi) is 10.0. The summed E-state index contributed by atoms with van der Waals surface area (Å²) in [5.74, 6) is 0.215. The Morgan fingerprint density at radius 1 is 1.08 bits per heavy atom. The van der Waals surface area contributed by atoms with Crippen LogP contribution in [0.1, 0.15) is 54.6 Å². The van der Waals surface area contributed by atoms with E-state index in [1.807, 2.05) is 0 Å². The minimum Gasteiger partial charge on any atom is -0.463 e. The molecular weight excluding hydrogens is 543 g/mol. The number of carbonyl (C=O) groups is 3. The first-order valence-corrected chi connectivity index (χ1v) is 14.0.